The second-order valence-corrected chi connectivity index (χ2v) is 9.10. The first-order chi connectivity index (χ1) is 14.0. The van der Waals surface area contributed by atoms with Crippen LogP contribution in [-0.2, 0) is 22.7 Å². The summed E-state index contributed by atoms with van der Waals surface area (Å²) in [5.74, 6) is -0.725. The number of nitrogens with one attached hydrogen (secondary N) is 3. The largest absolute Gasteiger partial charge is 0.322 e. The third-order valence-electron chi connectivity index (χ3n) is 7.31. The molecule has 5 aliphatic rings. The third-order valence-corrected chi connectivity index (χ3v) is 7.31. The average molecular weight is 396 g/mol. The molecule has 4 aliphatic heterocycles. The van der Waals surface area contributed by atoms with Crippen LogP contribution in [0.25, 0.3) is 0 Å². The molecule has 7 heteroatoms. The SMILES string of the molecule is O=C1CCC(N2Cc3c(CNCC45CCC(CC4)NC5)cccc3C2=O)C(=O)N1. The van der Waals surface area contributed by atoms with Crippen LogP contribution in [0.3, 0.4) is 0 Å². The minimum absolute atomic E-state index is 0.107. The first-order valence-corrected chi connectivity index (χ1v) is 10.7. The number of hydrogen-bond donors (Lipinski definition) is 3. The zero-order chi connectivity index (χ0) is 20.0. The van der Waals surface area contributed by atoms with Crippen molar-refractivity contribution < 1.29 is 14.4 Å². The van der Waals surface area contributed by atoms with E-state index in [0.717, 1.165) is 36.8 Å². The second-order valence-electron chi connectivity index (χ2n) is 9.10. The number of hydrogen-bond acceptors (Lipinski definition) is 5. The van der Waals surface area contributed by atoms with Crippen molar-refractivity contribution in [2.45, 2.75) is 63.7 Å². The number of carbonyl (C=O) groups is 3. The minimum atomic E-state index is -0.559. The maximum absolute atomic E-state index is 12.9. The maximum atomic E-state index is 12.9. The molecule has 7 nitrogen and oxygen atoms in total. The van der Waals surface area contributed by atoms with Crippen LogP contribution < -0.4 is 16.0 Å². The van der Waals surface area contributed by atoms with Gasteiger partial charge in [-0.3, -0.25) is 19.7 Å². The summed E-state index contributed by atoms with van der Waals surface area (Å²) < 4.78 is 0. The number of rotatable bonds is 5. The predicted molar refractivity (Wildman–Crippen MR) is 107 cm³/mol. The summed E-state index contributed by atoms with van der Waals surface area (Å²) in [6.07, 6.45) is 5.80. The van der Waals surface area contributed by atoms with Crippen molar-refractivity contribution in [3.8, 4) is 0 Å². The van der Waals surface area contributed by atoms with Gasteiger partial charge in [0, 0.05) is 44.2 Å². The Balaban J connectivity index is 1.27. The van der Waals surface area contributed by atoms with E-state index in [1.54, 1.807) is 4.90 Å². The molecule has 0 spiro atoms. The topological polar surface area (TPSA) is 90.5 Å². The van der Waals surface area contributed by atoms with Crippen LogP contribution in [0.2, 0.25) is 0 Å². The predicted octanol–water partition coefficient (Wildman–Crippen LogP) is 1.07. The van der Waals surface area contributed by atoms with Gasteiger partial charge in [0.2, 0.25) is 11.8 Å². The average Bonchev–Trinajstić information content (AvgIpc) is 3.07. The molecule has 1 aromatic rings. The highest BCUT2D eigenvalue weighted by Crippen LogP contribution is 2.39. The minimum Gasteiger partial charge on any atom is -0.322 e. The van der Waals surface area contributed by atoms with Crippen molar-refractivity contribution in [2.24, 2.45) is 5.41 Å². The molecular formula is C22H28N4O3. The van der Waals surface area contributed by atoms with E-state index in [2.05, 4.69) is 22.0 Å². The zero-order valence-corrected chi connectivity index (χ0v) is 16.6. The highest BCUT2D eigenvalue weighted by molar-refractivity contribution is 6.05. The molecule has 4 heterocycles. The van der Waals surface area contributed by atoms with E-state index in [-0.39, 0.29) is 24.1 Å². The molecular weight excluding hydrogens is 368 g/mol. The highest BCUT2D eigenvalue weighted by Gasteiger charge is 2.41. The smallest absolute Gasteiger partial charge is 0.255 e. The van der Waals surface area contributed by atoms with E-state index in [1.807, 2.05) is 12.1 Å². The van der Waals surface area contributed by atoms with Gasteiger partial charge in [0.1, 0.15) is 6.04 Å². The van der Waals surface area contributed by atoms with E-state index in [0.29, 0.717) is 23.9 Å². The standard InChI is InChI=1S/C22H28N4O3/c27-19-5-4-18(20(28)25-19)26-11-17-14(2-1-3-16(17)21(26)29)10-23-12-22-8-6-15(7-9-22)24-13-22/h1-3,15,18,23-24H,4-13H2,(H,25,27,28). The van der Waals surface area contributed by atoms with Crippen LogP contribution in [-0.4, -0.2) is 47.8 Å². The molecule has 4 fully saturated rings. The molecule has 2 bridgehead atoms. The fraction of sp³-hybridized carbons (Fsp3) is 0.591. The summed E-state index contributed by atoms with van der Waals surface area (Å²) >= 11 is 0. The Labute approximate surface area is 170 Å². The molecule has 1 aromatic carbocycles. The molecule has 0 radical (unpaired) electrons. The quantitative estimate of drug-likeness (QED) is 0.648. The normalized spacial score (nSPS) is 31.2. The summed E-state index contributed by atoms with van der Waals surface area (Å²) in [4.78, 5) is 38.2. The van der Waals surface area contributed by atoms with Crippen LogP contribution in [0.1, 0.15) is 60.0 Å². The monoisotopic (exact) mass is 396 g/mol. The highest BCUT2D eigenvalue weighted by atomic mass is 16.2. The van der Waals surface area contributed by atoms with Gasteiger partial charge in [0.05, 0.1) is 0 Å². The van der Waals surface area contributed by atoms with E-state index >= 15 is 0 Å². The lowest BCUT2D eigenvalue weighted by molar-refractivity contribution is -0.136. The molecule has 3 amide bonds. The lowest BCUT2D eigenvalue weighted by atomic mass is 9.68. The molecule has 1 saturated carbocycles. The number of fused-ring (bicyclic) bond motifs is 4. The molecule has 1 aliphatic carbocycles. The molecule has 1 unspecified atom stereocenters. The van der Waals surface area contributed by atoms with Gasteiger partial charge < -0.3 is 15.5 Å². The van der Waals surface area contributed by atoms with Gasteiger partial charge in [-0.1, -0.05) is 12.1 Å². The zero-order valence-electron chi connectivity index (χ0n) is 16.6. The molecule has 1 atom stereocenters. The Kier molecular flexibility index (Phi) is 4.67. The maximum Gasteiger partial charge on any atom is 0.255 e. The summed E-state index contributed by atoms with van der Waals surface area (Å²) in [5, 5.41) is 9.66. The van der Waals surface area contributed by atoms with Crippen LogP contribution in [0.4, 0.5) is 0 Å². The first kappa shape index (κ1) is 18.8. The second kappa shape index (κ2) is 7.22. The van der Waals surface area contributed by atoms with E-state index < -0.39 is 6.04 Å². The van der Waals surface area contributed by atoms with Crippen molar-refractivity contribution in [2.75, 3.05) is 13.1 Å². The fourth-order valence-electron chi connectivity index (χ4n) is 5.49. The van der Waals surface area contributed by atoms with Gasteiger partial charge in [-0.15, -0.1) is 0 Å². The van der Waals surface area contributed by atoms with Crippen molar-refractivity contribution in [3.05, 3.63) is 34.9 Å². The van der Waals surface area contributed by atoms with E-state index in [1.165, 1.54) is 25.7 Å². The number of nitrogens with zero attached hydrogens (tertiary/aromatic N) is 1. The Morgan fingerprint density at radius 2 is 1.97 bits per heavy atom. The van der Waals surface area contributed by atoms with Gasteiger partial charge in [0.25, 0.3) is 5.91 Å². The summed E-state index contributed by atoms with van der Waals surface area (Å²) in [6, 6.07) is 6.00. The third kappa shape index (κ3) is 3.36. The summed E-state index contributed by atoms with van der Waals surface area (Å²) in [5.41, 5.74) is 3.19. The fourth-order valence-corrected chi connectivity index (χ4v) is 5.49. The van der Waals surface area contributed by atoms with Crippen LogP contribution in [0, 0.1) is 5.41 Å². The molecule has 3 saturated heterocycles. The van der Waals surface area contributed by atoms with Crippen molar-refractivity contribution in [1.82, 2.24) is 20.9 Å². The van der Waals surface area contributed by atoms with Gasteiger partial charge in [-0.2, -0.15) is 0 Å². The number of piperidine rings is 3. The Bertz CT molecular complexity index is 846. The number of benzene rings is 1. The molecule has 29 heavy (non-hydrogen) atoms. The Morgan fingerprint density at radius 1 is 1.14 bits per heavy atom. The number of carbonyl (C=O) groups excluding carboxylic acids is 3. The Hall–Kier alpha value is -2.25. The number of imide groups is 1. The van der Waals surface area contributed by atoms with Crippen LogP contribution in [0.15, 0.2) is 18.2 Å². The van der Waals surface area contributed by atoms with Crippen molar-refractivity contribution in [1.29, 1.82) is 0 Å². The molecule has 6 rings (SSSR count). The van der Waals surface area contributed by atoms with Crippen molar-refractivity contribution in [3.63, 3.8) is 0 Å². The molecule has 154 valence electrons. The van der Waals surface area contributed by atoms with E-state index in [9.17, 15) is 14.4 Å². The van der Waals surface area contributed by atoms with Gasteiger partial charge in [-0.05, 0) is 54.7 Å². The van der Waals surface area contributed by atoms with Gasteiger partial charge >= 0.3 is 0 Å². The molecule has 0 aromatic heterocycles. The number of amides is 3. The summed E-state index contributed by atoms with van der Waals surface area (Å²) in [7, 11) is 0. The first-order valence-electron chi connectivity index (χ1n) is 10.7. The molecule has 3 N–H and O–H groups in total. The van der Waals surface area contributed by atoms with Gasteiger partial charge in [0.15, 0.2) is 0 Å². The lowest BCUT2D eigenvalue weighted by Gasteiger charge is -2.47. The Morgan fingerprint density at radius 3 is 2.69 bits per heavy atom. The van der Waals surface area contributed by atoms with Crippen LogP contribution in [0.5, 0.6) is 0 Å². The van der Waals surface area contributed by atoms with Crippen molar-refractivity contribution >= 4 is 17.7 Å². The summed E-state index contributed by atoms with van der Waals surface area (Å²) in [6.45, 7) is 3.25. The van der Waals surface area contributed by atoms with Gasteiger partial charge in [-0.25, -0.2) is 0 Å². The van der Waals surface area contributed by atoms with E-state index in [4.69, 9.17) is 0 Å². The van der Waals surface area contributed by atoms with Crippen LogP contribution >= 0.6 is 0 Å². The lowest BCUT2D eigenvalue weighted by Crippen LogP contribution is -2.55.